The maximum atomic E-state index is 13.6. The Hall–Kier alpha value is -1.62. The number of hydrogen-bond acceptors (Lipinski definition) is 4. The van der Waals surface area contributed by atoms with Gasteiger partial charge in [0.1, 0.15) is 16.5 Å². The highest BCUT2D eigenvalue weighted by molar-refractivity contribution is 6.29. The highest BCUT2D eigenvalue weighted by Crippen LogP contribution is 2.24. The van der Waals surface area contributed by atoms with Gasteiger partial charge in [-0.1, -0.05) is 18.2 Å². The van der Waals surface area contributed by atoms with Crippen LogP contribution in [0.15, 0.2) is 12.6 Å². The molecule has 0 amide bonds. The molecule has 0 saturated carbocycles. The molecule has 0 N–H and O–H groups in total. The van der Waals surface area contributed by atoms with E-state index in [2.05, 4.69) is 16.3 Å². The summed E-state index contributed by atoms with van der Waals surface area (Å²) in [5.41, 5.74) is -0.202. The summed E-state index contributed by atoms with van der Waals surface area (Å²) in [6.45, 7) is 5.66. The van der Waals surface area contributed by atoms with E-state index < -0.39 is 11.9 Å². The number of nitrogens with zero attached hydrogens (tertiary/aromatic N) is 1. The van der Waals surface area contributed by atoms with E-state index >= 15 is 0 Å². The minimum absolute atomic E-state index is 0.0917. The summed E-state index contributed by atoms with van der Waals surface area (Å²) in [5.74, 6) is -1.74. The number of esters is 1. The van der Waals surface area contributed by atoms with Gasteiger partial charge in [0, 0.05) is 5.56 Å². The summed E-state index contributed by atoms with van der Waals surface area (Å²) in [6.07, 6.45) is 0. The average molecular weight is 260 g/mol. The van der Waals surface area contributed by atoms with E-state index in [1.165, 1.54) is 6.07 Å². The quantitative estimate of drug-likeness (QED) is 0.474. The maximum Gasteiger partial charge on any atom is 0.343 e. The van der Waals surface area contributed by atoms with Crippen molar-refractivity contribution in [2.45, 2.75) is 6.92 Å². The molecule has 0 aromatic carbocycles. The van der Waals surface area contributed by atoms with Crippen LogP contribution in [0.3, 0.4) is 0 Å². The number of aromatic nitrogens is 1. The molecule has 0 unspecified atom stereocenters. The molecule has 0 radical (unpaired) electrons. The first kappa shape index (κ1) is 13.4. The monoisotopic (exact) mass is 259 g/mol. The zero-order valence-corrected chi connectivity index (χ0v) is 10.2. The minimum Gasteiger partial charge on any atom is -0.494 e. The van der Waals surface area contributed by atoms with Crippen LogP contribution in [0, 0.1) is 5.95 Å². The third-order valence-electron chi connectivity index (χ3n) is 1.95. The molecular formula is C11H11ClFNO3. The van der Waals surface area contributed by atoms with Crippen molar-refractivity contribution in [1.29, 1.82) is 0 Å². The summed E-state index contributed by atoms with van der Waals surface area (Å²) in [7, 11) is 1.14. The van der Waals surface area contributed by atoms with Crippen LogP contribution in [-0.2, 0) is 9.47 Å². The fraction of sp³-hybridized carbons (Fsp3) is 0.273. The zero-order valence-electron chi connectivity index (χ0n) is 9.42. The normalized spacial score (nSPS) is 9.88. The van der Waals surface area contributed by atoms with Gasteiger partial charge >= 0.3 is 5.97 Å². The Bertz CT molecular complexity index is 462. The molecular weight excluding hydrogens is 249 g/mol. The Labute approximate surface area is 103 Å². The van der Waals surface area contributed by atoms with E-state index in [4.69, 9.17) is 16.3 Å². The first-order valence-corrected chi connectivity index (χ1v) is 5.15. The Kier molecular flexibility index (Phi) is 4.45. The molecule has 0 saturated heterocycles. The average Bonchev–Trinajstić information content (AvgIpc) is 2.27. The fourth-order valence-corrected chi connectivity index (χ4v) is 1.44. The molecule has 17 heavy (non-hydrogen) atoms. The smallest absolute Gasteiger partial charge is 0.343 e. The summed E-state index contributed by atoms with van der Waals surface area (Å²) >= 11 is 5.61. The van der Waals surface area contributed by atoms with Gasteiger partial charge in [0.05, 0.1) is 13.7 Å². The van der Waals surface area contributed by atoms with E-state index in [1.54, 1.807) is 6.92 Å². The van der Waals surface area contributed by atoms with Gasteiger partial charge in [-0.05, 0) is 13.0 Å². The summed E-state index contributed by atoms with van der Waals surface area (Å²) in [4.78, 5) is 14.8. The molecule has 1 aromatic rings. The second kappa shape index (κ2) is 5.63. The van der Waals surface area contributed by atoms with Crippen molar-refractivity contribution in [2.24, 2.45) is 0 Å². The summed E-state index contributed by atoms with van der Waals surface area (Å²) in [5, 5.41) is -0.0917. The topological polar surface area (TPSA) is 48.4 Å². The summed E-state index contributed by atoms with van der Waals surface area (Å²) in [6, 6.07) is 1.30. The van der Waals surface area contributed by atoms with Crippen LogP contribution in [0.2, 0.25) is 5.15 Å². The highest BCUT2D eigenvalue weighted by atomic mass is 35.5. The molecule has 0 aliphatic heterocycles. The molecule has 0 aliphatic carbocycles. The molecule has 0 aliphatic rings. The lowest BCUT2D eigenvalue weighted by Crippen LogP contribution is -2.11. The number of halogens is 2. The number of methoxy groups -OCH3 is 1. The van der Waals surface area contributed by atoms with Crippen LogP contribution >= 0.6 is 11.6 Å². The summed E-state index contributed by atoms with van der Waals surface area (Å²) < 4.78 is 23.1. The second-order valence-electron chi connectivity index (χ2n) is 3.01. The molecule has 1 aromatic heterocycles. The Morgan fingerprint density at radius 2 is 2.29 bits per heavy atom. The van der Waals surface area contributed by atoms with Gasteiger partial charge in [0.2, 0.25) is 5.95 Å². The van der Waals surface area contributed by atoms with Crippen molar-refractivity contribution in [2.75, 3.05) is 13.7 Å². The fourth-order valence-electron chi connectivity index (χ4n) is 1.25. The van der Waals surface area contributed by atoms with Crippen LogP contribution < -0.4 is 0 Å². The van der Waals surface area contributed by atoms with Crippen molar-refractivity contribution in [1.82, 2.24) is 4.98 Å². The molecule has 1 rings (SSSR count). The van der Waals surface area contributed by atoms with Crippen molar-refractivity contribution in [3.05, 3.63) is 34.9 Å². The lowest BCUT2D eigenvalue weighted by Gasteiger charge is -2.11. The maximum absolute atomic E-state index is 13.6. The van der Waals surface area contributed by atoms with Gasteiger partial charge in [-0.15, -0.1) is 0 Å². The number of rotatable bonds is 4. The Morgan fingerprint density at radius 3 is 2.82 bits per heavy atom. The molecule has 0 spiro atoms. The first-order chi connectivity index (χ1) is 8.01. The van der Waals surface area contributed by atoms with Crippen molar-refractivity contribution >= 4 is 23.3 Å². The SMILES string of the molecule is C=C(OCC)c1cc(Cl)nc(F)c1C(=O)OC. The Balaban J connectivity index is 3.35. The molecule has 0 bridgehead atoms. The zero-order chi connectivity index (χ0) is 13.0. The van der Waals surface area contributed by atoms with E-state index in [9.17, 15) is 9.18 Å². The molecule has 0 fully saturated rings. The van der Waals surface area contributed by atoms with Crippen molar-refractivity contribution < 1.29 is 18.7 Å². The van der Waals surface area contributed by atoms with Gasteiger partial charge < -0.3 is 9.47 Å². The number of hydrogen-bond donors (Lipinski definition) is 0. The Morgan fingerprint density at radius 1 is 1.65 bits per heavy atom. The second-order valence-corrected chi connectivity index (χ2v) is 3.39. The van der Waals surface area contributed by atoms with Gasteiger partial charge in [-0.2, -0.15) is 4.39 Å². The van der Waals surface area contributed by atoms with Gasteiger partial charge in [0.15, 0.2) is 0 Å². The highest BCUT2D eigenvalue weighted by Gasteiger charge is 2.22. The molecule has 4 nitrogen and oxygen atoms in total. The van der Waals surface area contributed by atoms with Crippen LogP contribution in [-0.4, -0.2) is 24.7 Å². The standard InChI is InChI=1S/C11H11ClFNO3/c1-4-17-6(2)7-5-8(12)14-10(13)9(7)11(15)16-3/h5H,2,4H2,1,3H3. The van der Waals surface area contributed by atoms with E-state index in [0.717, 1.165) is 7.11 Å². The van der Waals surface area contributed by atoms with E-state index in [0.29, 0.717) is 6.61 Å². The van der Waals surface area contributed by atoms with Crippen LogP contribution in [0.25, 0.3) is 5.76 Å². The molecule has 0 atom stereocenters. The third-order valence-corrected chi connectivity index (χ3v) is 2.15. The molecule has 6 heteroatoms. The number of carbonyl (C=O) groups excluding carboxylic acids is 1. The minimum atomic E-state index is -1.01. The van der Waals surface area contributed by atoms with Crippen LogP contribution in [0.1, 0.15) is 22.8 Å². The predicted molar refractivity (Wildman–Crippen MR) is 61.2 cm³/mol. The van der Waals surface area contributed by atoms with Crippen LogP contribution in [0.5, 0.6) is 0 Å². The van der Waals surface area contributed by atoms with Crippen LogP contribution in [0.4, 0.5) is 4.39 Å². The van der Waals surface area contributed by atoms with E-state index in [-0.39, 0.29) is 22.0 Å². The van der Waals surface area contributed by atoms with Gasteiger partial charge in [-0.3, -0.25) is 0 Å². The third kappa shape index (κ3) is 2.94. The van der Waals surface area contributed by atoms with Crippen molar-refractivity contribution in [3.63, 3.8) is 0 Å². The first-order valence-electron chi connectivity index (χ1n) is 4.77. The van der Waals surface area contributed by atoms with E-state index in [1.807, 2.05) is 0 Å². The van der Waals surface area contributed by atoms with Gasteiger partial charge in [-0.25, -0.2) is 9.78 Å². The lowest BCUT2D eigenvalue weighted by atomic mass is 10.1. The van der Waals surface area contributed by atoms with Gasteiger partial charge in [0.25, 0.3) is 0 Å². The largest absolute Gasteiger partial charge is 0.494 e. The lowest BCUT2D eigenvalue weighted by molar-refractivity contribution is 0.0593. The number of carbonyl (C=O) groups is 1. The van der Waals surface area contributed by atoms with Crippen molar-refractivity contribution in [3.8, 4) is 0 Å². The number of ether oxygens (including phenoxy) is 2. The predicted octanol–water partition coefficient (Wildman–Crippen LogP) is 2.67. The number of pyridine rings is 1. The molecule has 92 valence electrons. The molecule has 1 heterocycles.